The zero-order valence-corrected chi connectivity index (χ0v) is 11.9. The van der Waals surface area contributed by atoms with Crippen LogP contribution in [0.15, 0.2) is 23.1 Å². The number of hydrogen-bond donors (Lipinski definition) is 4. The number of hydrogen-bond acceptors (Lipinski definition) is 5. The predicted molar refractivity (Wildman–Crippen MR) is 71.1 cm³/mol. The number of sulfonamides is 1. The number of aliphatic hydroxyl groups excluding tert-OH is 1. The fourth-order valence-electron chi connectivity index (χ4n) is 1.51. The van der Waals surface area contributed by atoms with Crippen molar-refractivity contribution in [2.45, 2.75) is 24.8 Å². The number of nitrogens with one attached hydrogen (secondary N) is 1. The first-order valence-electron chi connectivity index (χ1n) is 5.88. The number of aromatic hydroxyl groups is 1. The first-order valence-corrected chi connectivity index (χ1v) is 7.37. The molecule has 4 N–H and O–H groups in total. The van der Waals surface area contributed by atoms with Gasteiger partial charge in [0, 0.05) is 6.04 Å². The van der Waals surface area contributed by atoms with Crippen LogP contribution >= 0.6 is 0 Å². The Morgan fingerprint density at radius 3 is 2.40 bits per heavy atom. The van der Waals surface area contributed by atoms with Gasteiger partial charge in [0.15, 0.2) is 0 Å². The largest absolute Gasteiger partial charge is 0.507 e. The van der Waals surface area contributed by atoms with Gasteiger partial charge in [0.1, 0.15) is 11.3 Å². The topological polar surface area (TPSA) is 124 Å². The summed E-state index contributed by atoms with van der Waals surface area (Å²) in [6.45, 7) is 3.10. The van der Waals surface area contributed by atoms with Crippen LogP contribution in [-0.2, 0) is 10.0 Å². The van der Waals surface area contributed by atoms with Crippen molar-refractivity contribution in [3.05, 3.63) is 23.8 Å². The molecule has 0 aliphatic heterocycles. The van der Waals surface area contributed by atoms with E-state index in [-0.39, 0.29) is 17.4 Å². The maximum absolute atomic E-state index is 12.1. The van der Waals surface area contributed by atoms with Crippen molar-refractivity contribution in [1.29, 1.82) is 0 Å². The molecule has 0 radical (unpaired) electrons. The molecule has 112 valence electrons. The molecule has 0 spiro atoms. The Hall–Kier alpha value is -1.64. The average Bonchev–Trinajstić information content (AvgIpc) is 2.35. The van der Waals surface area contributed by atoms with E-state index in [0.717, 1.165) is 18.2 Å². The smallest absolute Gasteiger partial charge is 0.339 e. The molecular formula is C12H17NO6S. The number of carboxylic acids is 1. The van der Waals surface area contributed by atoms with Crippen LogP contribution in [0.5, 0.6) is 5.75 Å². The molecule has 0 amide bonds. The van der Waals surface area contributed by atoms with E-state index in [1.54, 1.807) is 13.8 Å². The number of benzene rings is 1. The number of phenols is 1. The number of aliphatic hydroxyl groups is 1. The minimum absolute atomic E-state index is 0.133. The molecule has 8 heteroatoms. The first-order chi connectivity index (χ1) is 9.19. The Balaban J connectivity index is 3.16. The molecule has 20 heavy (non-hydrogen) atoms. The van der Waals surface area contributed by atoms with Gasteiger partial charge in [-0.15, -0.1) is 0 Å². The molecule has 0 saturated heterocycles. The van der Waals surface area contributed by atoms with Crippen LogP contribution < -0.4 is 4.72 Å². The first kappa shape index (κ1) is 16.4. The van der Waals surface area contributed by atoms with E-state index in [0.29, 0.717) is 0 Å². The molecule has 0 fully saturated rings. The van der Waals surface area contributed by atoms with Gasteiger partial charge in [-0.05, 0) is 24.1 Å². The molecule has 0 aliphatic rings. The highest BCUT2D eigenvalue weighted by Gasteiger charge is 2.23. The van der Waals surface area contributed by atoms with Crippen LogP contribution in [0, 0.1) is 5.92 Å². The van der Waals surface area contributed by atoms with Crippen molar-refractivity contribution in [3.8, 4) is 5.75 Å². The summed E-state index contributed by atoms with van der Waals surface area (Å²) in [7, 11) is -3.97. The van der Waals surface area contributed by atoms with Gasteiger partial charge in [0.2, 0.25) is 10.0 Å². The number of rotatable bonds is 6. The van der Waals surface area contributed by atoms with Crippen molar-refractivity contribution < 1.29 is 28.5 Å². The van der Waals surface area contributed by atoms with Crippen LogP contribution in [0.2, 0.25) is 0 Å². The molecule has 7 nitrogen and oxygen atoms in total. The second-order valence-corrected chi connectivity index (χ2v) is 6.35. The lowest BCUT2D eigenvalue weighted by molar-refractivity contribution is 0.0693. The summed E-state index contributed by atoms with van der Waals surface area (Å²) in [5.41, 5.74) is -0.502. The van der Waals surface area contributed by atoms with Crippen molar-refractivity contribution >= 4 is 16.0 Å². The lowest BCUT2D eigenvalue weighted by Crippen LogP contribution is -2.41. The van der Waals surface area contributed by atoms with Gasteiger partial charge in [0.05, 0.1) is 11.5 Å². The summed E-state index contributed by atoms with van der Waals surface area (Å²) in [5.74, 6) is -2.08. The van der Waals surface area contributed by atoms with Crippen LogP contribution in [0.4, 0.5) is 0 Å². The quantitative estimate of drug-likeness (QED) is 0.602. The van der Waals surface area contributed by atoms with Crippen LogP contribution in [-0.4, -0.2) is 42.4 Å². The third-order valence-electron chi connectivity index (χ3n) is 2.82. The van der Waals surface area contributed by atoms with E-state index in [2.05, 4.69) is 4.72 Å². The predicted octanol–water partition coefficient (Wildman–Crippen LogP) is 0.386. The van der Waals surface area contributed by atoms with Crippen LogP contribution in [0.3, 0.4) is 0 Å². The third kappa shape index (κ3) is 3.69. The van der Waals surface area contributed by atoms with Gasteiger partial charge < -0.3 is 15.3 Å². The maximum Gasteiger partial charge on any atom is 0.339 e. The van der Waals surface area contributed by atoms with Crippen molar-refractivity contribution in [2.24, 2.45) is 5.92 Å². The van der Waals surface area contributed by atoms with E-state index >= 15 is 0 Å². The molecule has 0 bridgehead atoms. The summed E-state index contributed by atoms with van der Waals surface area (Å²) in [5, 5.41) is 27.3. The van der Waals surface area contributed by atoms with Crippen molar-refractivity contribution in [1.82, 2.24) is 4.72 Å². The molecule has 1 atom stereocenters. The highest BCUT2D eigenvalue weighted by molar-refractivity contribution is 7.89. The third-order valence-corrected chi connectivity index (χ3v) is 4.30. The molecule has 1 aromatic carbocycles. The zero-order valence-electron chi connectivity index (χ0n) is 11.1. The molecule has 0 unspecified atom stereocenters. The minimum atomic E-state index is -3.97. The normalized spacial score (nSPS) is 13.4. The van der Waals surface area contributed by atoms with Crippen LogP contribution in [0.25, 0.3) is 0 Å². The molecule has 1 rings (SSSR count). The molecule has 0 aliphatic carbocycles. The summed E-state index contributed by atoms with van der Waals surface area (Å²) in [4.78, 5) is 10.6. The highest BCUT2D eigenvalue weighted by atomic mass is 32.2. The van der Waals surface area contributed by atoms with E-state index < -0.39 is 33.3 Å². The second-order valence-electron chi connectivity index (χ2n) is 4.64. The van der Waals surface area contributed by atoms with Gasteiger partial charge in [-0.2, -0.15) is 0 Å². The Labute approximate surface area is 116 Å². The van der Waals surface area contributed by atoms with Gasteiger partial charge in [0.25, 0.3) is 0 Å². The number of carbonyl (C=O) groups is 1. The summed E-state index contributed by atoms with van der Waals surface area (Å²) in [6.07, 6.45) is 0. The Bertz CT molecular complexity index is 596. The fourth-order valence-corrected chi connectivity index (χ4v) is 2.91. The van der Waals surface area contributed by atoms with Gasteiger partial charge in [-0.25, -0.2) is 17.9 Å². The molecule has 0 saturated carbocycles. The van der Waals surface area contributed by atoms with E-state index in [4.69, 9.17) is 10.2 Å². The fraction of sp³-hybridized carbons (Fsp3) is 0.417. The number of carboxylic acid groups (broad SMARTS) is 1. The second kappa shape index (κ2) is 6.21. The van der Waals surface area contributed by atoms with Gasteiger partial charge >= 0.3 is 5.97 Å². The Morgan fingerprint density at radius 1 is 1.35 bits per heavy atom. The monoisotopic (exact) mass is 303 g/mol. The standard InChI is InChI=1S/C12H17NO6S/c1-7(2)10(6-14)13-20(18,19)8-3-4-11(15)9(5-8)12(16)17/h3-5,7,10,13-15H,6H2,1-2H3,(H,16,17)/t10-/m1/s1. The van der Waals surface area contributed by atoms with E-state index in [1.807, 2.05) is 0 Å². The Morgan fingerprint density at radius 2 is 1.95 bits per heavy atom. The maximum atomic E-state index is 12.1. The van der Waals surface area contributed by atoms with Gasteiger partial charge in [-0.3, -0.25) is 0 Å². The van der Waals surface area contributed by atoms with Crippen molar-refractivity contribution in [3.63, 3.8) is 0 Å². The number of aromatic carboxylic acids is 1. The van der Waals surface area contributed by atoms with E-state index in [1.165, 1.54) is 0 Å². The lowest BCUT2D eigenvalue weighted by atomic mass is 10.1. The minimum Gasteiger partial charge on any atom is -0.507 e. The molecular weight excluding hydrogens is 286 g/mol. The summed E-state index contributed by atoms with van der Waals surface area (Å²) < 4.78 is 26.5. The van der Waals surface area contributed by atoms with Crippen molar-refractivity contribution in [2.75, 3.05) is 6.61 Å². The Kier molecular flexibility index (Phi) is 5.09. The molecule has 0 aromatic heterocycles. The zero-order chi connectivity index (χ0) is 15.5. The van der Waals surface area contributed by atoms with Gasteiger partial charge in [-0.1, -0.05) is 13.8 Å². The summed E-state index contributed by atoms with van der Waals surface area (Å²) in [6, 6.07) is 2.29. The lowest BCUT2D eigenvalue weighted by Gasteiger charge is -2.20. The summed E-state index contributed by atoms with van der Waals surface area (Å²) >= 11 is 0. The highest BCUT2D eigenvalue weighted by Crippen LogP contribution is 2.21. The van der Waals surface area contributed by atoms with E-state index in [9.17, 15) is 18.3 Å². The SMILES string of the molecule is CC(C)[C@@H](CO)NS(=O)(=O)c1ccc(O)c(C(=O)O)c1. The van der Waals surface area contributed by atoms with Crippen LogP contribution in [0.1, 0.15) is 24.2 Å². The molecule has 1 aromatic rings. The average molecular weight is 303 g/mol. The molecule has 0 heterocycles.